The van der Waals surface area contributed by atoms with E-state index >= 15 is 0 Å². The van der Waals surface area contributed by atoms with E-state index in [9.17, 15) is 0 Å². The predicted molar refractivity (Wildman–Crippen MR) is 114 cm³/mol. The van der Waals surface area contributed by atoms with Crippen LogP contribution in [0.4, 0.5) is 28.4 Å². The Labute approximate surface area is 169 Å². The fraction of sp³-hybridized carbons (Fsp3) is 0.182. The van der Waals surface area contributed by atoms with Crippen molar-refractivity contribution in [2.45, 2.75) is 12.8 Å². The lowest BCUT2D eigenvalue weighted by molar-refractivity contribution is 0.949. The molecule has 0 spiro atoms. The molecule has 28 heavy (non-hydrogen) atoms. The van der Waals surface area contributed by atoms with Gasteiger partial charge in [-0.25, -0.2) is 0 Å². The van der Waals surface area contributed by atoms with Gasteiger partial charge in [0.05, 0.1) is 22.7 Å². The van der Waals surface area contributed by atoms with Crippen LogP contribution in [0.3, 0.4) is 0 Å². The molecule has 0 radical (unpaired) electrons. The van der Waals surface area contributed by atoms with Gasteiger partial charge in [0.15, 0.2) is 0 Å². The van der Waals surface area contributed by atoms with Gasteiger partial charge in [0.2, 0.25) is 0 Å². The molecule has 1 aliphatic rings. The number of benzene rings is 3. The topological polar surface area (TPSA) is 52.7 Å². The average Bonchev–Trinajstić information content (AvgIpc) is 3.28. The summed E-state index contributed by atoms with van der Waals surface area (Å²) in [5.74, 6) is 0. The maximum Gasteiger partial charge on any atom is 0.0858 e. The molecule has 1 saturated heterocycles. The van der Waals surface area contributed by atoms with Crippen LogP contribution in [0.15, 0.2) is 93.3 Å². The number of hydrogen-bond acceptors (Lipinski definition) is 5. The highest BCUT2D eigenvalue weighted by molar-refractivity contribution is 6.30. The second-order valence-electron chi connectivity index (χ2n) is 6.60. The van der Waals surface area contributed by atoms with E-state index < -0.39 is 0 Å². The highest BCUT2D eigenvalue weighted by Gasteiger charge is 2.11. The van der Waals surface area contributed by atoms with E-state index in [1.165, 1.54) is 18.5 Å². The minimum atomic E-state index is 0.680. The van der Waals surface area contributed by atoms with Crippen molar-refractivity contribution in [1.29, 1.82) is 0 Å². The Morgan fingerprint density at radius 1 is 0.536 bits per heavy atom. The summed E-state index contributed by atoms with van der Waals surface area (Å²) in [5.41, 5.74) is 4.38. The van der Waals surface area contributed by atoms with Crippen LogP contribution in [0.1, 0.15) is 12.8 Å². The Kier molecular flexibility index (Phi) is 5.73. The molecule has 6 heteroatoms. The Morgan fingerprint density at radius 3 is 1.32 bits per heavy atom. The number of anilines is 1. The zero-order valence-corrected chi connectivity index (χ0v) is 16.1. The van der Waals surface area contributed by atoms with Crippen molar-refractivity contribution in [1.82, 2.24) is 0 Å². The lowest BCUT2D eigenvalue weighted by Crippen LogP contribution is -2.17. The van der Waals surface area contributed by atoms with Gasteiger partial charge in [0.25, 0.3) is 0 Å². The maximum atomic E-state index is 5.86. The quantitative estimate of drug-likeness (QED) is 0.411. The molecule has 1 aliphatic heterocycles. The zero-order valence-electron chi connectivity index (χ0n) is 15.4. The van der Waals surface area contributed by atoms with Gasteiger partial charge < -0.3 is 4.90 Å². The summed E-state index contributed by atoms with van der Waals surface area (Å²) >= 11 is 5.86. The van der Waals surface area contributed by atoms with E-state index in [-0.39, 0.29) is 0 Å². The molecule has 5 nitrogen and oxygen atoms in total. The van der Waals surface area contributed by atoms with Crippen LogP contribution < -0.4 is 4.90 Å². The number of hydrogen-bond donors (Lipinski definition) is 0. The van der Waals surface area contributed by atoms with E-state index in [1.54, 1.807) is 12.1 Å². The minimum Gasteiger partial charge on any atom is -0.372 e. The van der Waals surface area contributed by atoms with E-state index in [4.69, 9.17) is 11.6 Å². The highest BCUT2D eigenvalue weighted by Crippen LogP contribution is 2.26. The third-order valence-electron chi connectivity index (χ3n) is 4.56. The van der Waals surface area contributed by atoms with E-state index in [0.29, 0.717) is 5.02 Å². The van der Waals surface area contributed by atoms with Gasteiger partial charge in [-0.15, -0.1) is 0 Å². The summed E-state index contributed by atoms with van der Waals surface area (Å²) in [4.78, 5) is 2.40. The van der Waals surface area contributed by atoms with Crippen LogP contribution in [0.5, 0.6) is 0 Å². The third kappa shape index (κ3) is 4.81. The van der Waals surface area contributed by atoms with Gasteiger partial charge in [-0.1, -0.05) is 11.6 Å². The van der Waals surface area contributed by atoms with Gasteiger partial charge in [0, 0.05) is 23.8 Å². The first-order valence-electron chi connectivity index (χ1n) is 9.30. The lowest BCUT2D eigenvalue weighted by Gasteiger charge is -2.17. The van der Waals surface area contributed by atoms with Crippen LogP contribution in [0, 0.1) is 0 Å². The minimum absolute atomic E-state index is 0.680. The summed E-state index contributed by atoms with van der Waals surface area (Å²) in [6.07, 6.45) is 2.55. The zero-order chi connectivity index (χ0) is 19.2. The Hall–Kier alpha value is -3.05. The summed E-state index contributed by atoms with van der Waals surface area (Å²) in [7, 11) is 0. The summed E-state index contributed by atoms with van der Waals surface area (Å²) in [5, 5.41) is 17.7. The lowest BCUT2D eigenvalue weighted by atomic mass is 10.2. The monoisotopic (exact) mass is 389 g/mol. The van der Waals surface area contributed by atoms with Crippen molar-refractivity contribution in [3.63, 3.8) is 0 Å². The molecule has 1 fully saturated rings. The van der Waals surface area contributed by atoms with Crippen molar-refractivity contribution in [2.75, 3.05) is 18.0 Å². The molecule has 3 aromatic rings. The van der Waals surface area contributed by atoms with Gasteiger partial charge >= 0.3 is 0 Å². The summed E-state index contributed by atoms with van der Waals surface area (Å²) in [6, 6.07) is 22.9. The highest BCUT2D eigenvalue weighted by atomic mass is 35.5. The van der Waals surface area contributed by atoms with E-state index in [1.807, 2.05) is 48.5 Å². The van der Waals surface area contributed by atoms with Gasteiger partial charge in [-0.2, -0.15) is 20.5 Å². The molecule has 3 aromatic carbocycles. The molecule has 0 N–H and O–H groups in total. The number of halogens is 1. The molecule has 140 valence electrons. The molecule has 0 aromatic heterocycles. The summed E-state index contributed by atoms with van der Waals surface area (Å²) < 4.78 is 0. The molecule has 1 heterocycles. The molecular formula is C22H20ClN5. The van der Waals surface area contributed by atoms with Crippen molar-refractivity contribution < 1.29 is 0 Å². The first-order valence-corrected chi connectivity index (χ1v) is 9.68. The average molecular weight is 390 g/mol. The van der Waals surface area contributed by atoms with Crippen LogP contribution in [-0.2, 0) is 0 Å². The fourth-order valence-corrected chi connectivity index (χ4v) is 3.16. The normalized spacial score (nSPS) is 14.4. The fourth-order valence-electron chi connectivity index (χ4n) is 3.03. The molecule has 0 unspecified atom stereocenters. The molecule has 0 atom stereocenters. The van der Waals surface area contributed by atoms with Crippen LogP contribution in [0.2, 0.25) is 5.02 Å². The third-order valence-corrected chi connectivity index (χ3v) is 4.81. The first-order chi connectivity index (χ1) is 13.8. The number of nitrogens with zero attached hydrogens (tertiary/aromatic N) is 5. The van der Waals surface area contributed by atoms with Crippen LogP contribution >= 0.6 is 11.6 Å². The van der Waals surface area contributed by atoms with Crippen molar-refractivity contribution in [3.05, 3.63) is 77.8 Å². The van der Waals surface area contributed by atoms with Crippen LogP contribution in [-0.4, -0.2) is 13.1 Å². The number of azo groups is 2. The van der Waals surface area contributed by atoms with Crippen LogP contribution in [0.25, 0.3) is 0 Å². The second kappa shape index (κ2) is 8.76. The smallest absolute Gasteiger partial charge is 0.0858 e. The molecular weight excluding hydrogens is 370 g/mol. The first kappa shape index (κ1) is 18.3. The molecule has 4 rings (SSSR count). The Bertz CT molecular complexity index is 957. The summed E-state index contributed by atoms with van der Waals surface area (Å²) in [6.45, 7) is 2.28. The number of rotatable bonds is 5. The SMILES string of the molecule is Clc1ccc(N=Nc2ccc(N=Nc3ccc(N4CCCC4)cc3)cc2)cc1. The Morgan fingerprint density at radius 2 is 0.893 bits per heavy atom. The van der Waals surface area contributed by atoms with E-state index in [2.05, 4.69) is 37.5 Å². The molecule has 0 saturated carbocycles. The molecule has 0 bridgehead atoms. The second-order valence-corrected chi connectivity index (χ2v) is 7.04. The largest absolute Gasteiger partial charge is 0.372 e. The van der Waals surface area contributed by atoms with Crippen molar-refractivity contribution in [2.24, 2.45) is 20.5 Å². The van der Waals surface area contributed by atoms with Crippen molar-refractivity contribution in [3.8, 4) is 0 Å². The van der Waals surface area contributed by atoms with E-state index in [0.717, 1.165) is 35.8 Å². The molecule has 0 amide bonds. The van der Waals surface area contributed by atoms with Gasteiger partial charge in [-0.05, 0) is 85.6 Å². The maximum absolute atomic E-state index is 5.86. The predicted octanol–water partition coefficient (Wildman–Crippen LogP) is 7.77. The standard InChI is InChI=1S/C22H20ClN5/c23-17-3-5-18(6-4-17)24-25-19-7-9-20(10-8-19)26-27-21-11-13-22(14-12-21)28-15-1-2-16-28/h3-14H,1-2,15-16H2. The van der Waals surface area contributed by atoms with Crippen molar-refractivity contribution >= 4 is 40.0 Å². The van der Waals surface area contributed by atoms with Gasteiger partial charge in [0.1, 0.15) is 0 Å². The van der Waals surface area contributed by atoms with Gasteiger partial charge in [-0.3, -0.25) is 0 Å². The molecule has 0 aliphatic carbocycles. The Balaban J connectivity index is 1.37.